The topological polar surface area (TPSA) is 172 Å². The summed E-state index contributed by atoms with van der Waals surface area (Å²) >= 11 is 0. The van der Waals surface area contributed by atoms with Gasteiger partial charge in [0.15, 0.2) is 6.10 Å². The van der Waals surface area contributed by atoms with Gasteiger partial charge in [-0.2, -0.15) is 0 Å². The molecule has 3 atom stereocenters. The van der Waals surface area contributed by atoms with E-state index >= 15 is 0 Å². The van der Waals surface area contributed by atoms with Crippen LogP contribution < -0.4 is 5.73 Å². The Morgan fingerprint density at radius 3 is 1.38 bits per heavy atom. The van der Waals surface area contributed by atoms with Gasteiger partial charge in [0, 0.05) is 12.8 Å². The smallest absolute Gasteiger partial charge is 0.472 e. The van der Waals surface area contributed by atoms with Crippen molar-refractivity contribution in [3.05, 3.63) is 24.3 Å². The number of rotatable bonds is 44. The predicted molar refractivity (Wildman–Crippen MR) is 236 cm³/mol. The number of esters is 2. The number of ether oxygens (including phenoxy) is 2. The Kier molecular flexibility index (Phi) is 40.2. The van der Waals surface area contributed by atoms with Crippen molar-refractivity contribution in [1.82, 2.24) is 0 Å². The molecule has 58 heavy (non-hydrogen) atoms. The molecule has 0 aliphatic heterocycles. The van der Waals surface area contributed by atoms with E-state index in [1.165, 1.54) is 128 Å². The Morgan fingerprint density at radius 2 is 0.914 bits per heavy atom. The molecule has 0 heterocycles. The summed E-state index contributed by atoms with van der Waals surface area (Å²) in [6.07, 6.45) is 43.7. The minimum atomic E-state index is -4.72. The number of hydrogen-bond acceptors (Lipinski definition) is 9. The third-order valence-corrected chi connectivity index (χ3v) is 11.2. The molecule has 0 aromatic heterocycles. The molecule has 0 aromatic carbocycles. The van der Waals surface area contributed by atoms with E-state index in [9.17, 15) is 23.8 Å². The van der Waals surface area contributed by atoms with E-state index < -0.39 is 51.1 Å². The van der Waals surface area contributed by atoms with Gasteiger partial charge in [0.25, 0.3) is 0 Å². The van der Waals surface area contributed by atoms with Crippen LogP contribution in [0.1, 0.15) is 219 Å². The molecule has 0 aliphatic carbocycles. The summed E-state index contributed by atoms with van der Waals surface area (Å²) in [7, 11) is -4.72. The first kappa shape index (κ1) is 56.0. The lowest BCUT2D eigenvalue weighted by molar-refractivity contribution is -0.161. The lowest BCUT2D eigenvalue weighted by Gasteiger charge is -2.20. The highest BCUT2D eigenvalue weighted by atomic mass is 31.2. The van der Waals surface area contributed by atoms with E-state index in [1.54, 1.807) is 0 Å². The lowest BCUT2D eigenvalue weighted by Crippen LogP contribution is -2.34. The fourth-order valence-electron chi connectivity index (χ4n) is 6.51. The summed E-state index contributed by atoms with van der Waals surface area (Å²) in [5.74, 6) is -2.37. The van der Waals surface area contributed by atoms with Gasteiger partial charge in [-0.15, -0.1) is 0 Å². The Balaban J connectivity index is 4.30. The Morgan fingerprint density at radius 1 is 0.534 bits per heavy atom. The van der Waals surface area contributed by atoms with Gasteiger partial charge in [0.05, 0.1) is 13.2 Å². The van der Waals surface area contributed by atoms with Crippen LogP contribution in [0.3, 0.4) is 0 Å². The molecule has 12 heteroatoms. The second-order valence-electron chi connectivity index (χ2n) is 15.9. The van der Waals surface area contributed by atoms with Crippen LogP contribution >= 0.6 is 7.82 Å². The molecular formula is C46H86NO10P. The van der Waals surface area contributed by atoms with Crippen LogP contribution in [0.4, 0.5) is 0 Å². The molecule has 0 spiro atoms. The van der Waals surface area contributed by atoms with Crippen molar-refractivity contribution in [3.8, 4) is 0 Å². The van der Waals surface area contributed by atoms with Gasteiger partial charge < -0.3 is 25.2 Å². The maximum Gasteiger partial charge on any atom is 0.472 e. The van der Waals surface area contributed by atoms with E-state index in [0.717, 1.165) is 51.4 Å². The van der Waals surface area contributed by atoms with Gasteiger partial charge in [-0.1, -0.05) is 186 Å². The molecule has 0 saturated heterocycles. The van der Waals surface area contributed by atoms with Crippen molar-refractivity contribution in [2.24, 2.45) is 5.73 Å². The lowest BCUT2D eigenvalue weighted by atomic mass is 10.0. The molecule has 4 N–H and O–H groups in total. The number of carbonyl (C=O) groups excluding carboxylic acids is 2. The number of allylic oxidation sites excluding steroid dienone is 4. The van der Waals surface area contributed by atoms with Crippen LogP contribution in [0, 0.1) is 0 Å². The van der Waals surface area contributed by atoms with Crippen molar-refractivity contribution in [3.63, 3.8) is 0 Å². The van der Waals surface area contributed by atoms with Crippen molar-refractivity contribution >= 4 is 25.7 Å². The van der Waals surface area contributed by atoms with Crippen LogP contribution in [0.15, 0.2) is 24.3 Å². The first-order valence-corrected chi connectivity index (χ1v) is 24.9. The average Bonchev–Trinajstić information content (AvgIpc) is 3.20. The zero-order valence-electron chi connectivity index (χ0n) is 36.9. The Bertz CT molecular complexity index is 1080. The number of carbonyl (C=O) groups is 3. The summed E-state index contributed by atoms with van der Waals surface area (Å²) in [5, 5.41) is 8.90. The number of aliphatic carboxylic acids is 1. The first-order chi connectivity index (χ1) is 28.1. The quantitative estimate of drug-likeness (QED) is 0.0231. The van der Waals surface area contributed by atoms with E-state index in [2.05, 4.69) is 42.7 Å². The van der Waals surface area contributed by atoms with Gasteiger partial charge >= 0.3 is 25.7 Å². The maximum absolute atomic E-state index is 12.7. The monoisotopic (exact) mass is 844 g/mol. The SMILES string of the molecule is CCCCC/C=C\C/C=C\CCCCCCCCCCCC(=O)O[C@H](COC(=O)CCCCCCCCCCCCCCCCC)COP(=O)(O)OC[C@H](N)C(=O)O. The molecule has 0 aliphatic rings. The highest BCUT2D eigenvalue weighted by Gasteiger charge is 2.28. The summed E-state index contributed by atoms with van der Waals surface area (Å²) in [4.78, 5) is 46.0. The van der Waals surface area contributed by atoms with Gasteiger partial charge in [0.2, 0.25) is 0 Å². The van der Waals surface area contributed by atoms with E-state index in [1.807, 2.05) is 0 Å². The number of unbranched alkanes of at least 4 members (excludes halogenated alkanes) is 26. The summed E-state index contributed by atoms with van der Waals surface area (Å²) < 4.78 is 32.8. The number of phosphoric acid groups is 1. The molecule has 0 rings (SSSR count). The number of phosphoric ester groups is 1. The molecule has 340 valence electrons. The van der Waals surface area contributed by atoms with Crippen molar-refractivity contribution in [2.45, 2.75) is 231 Å². The molecule has 1 unspecified atom stereocenters. The average molecular weight is 844 g/mol. The predicted octanol–water partition coefficient (Wildman–Crippen LogP) is 12.6. The summed E-state index contributed by atoms with van der Waals surface area (Å²) in [5.41, 5.74) is 5.34. The van der Waals surface area contributed by atoms with E-state index in [0.29, 0.717) is 12.8 Å². The first-order valence-electron chi connectivity index (χ1n) is 23.4. The third-order valence-electron chi connectivity index (χ3n) is 10.2. The van der Waals surface area contributed by atoms with Crippen molar-refractivity contribution < 1.29 is 47.5 Å². The highest BCUT2D eigenvalue weighted by molar-refractivity contribution is 7.47. The second-order valence-corrected chi connectivity index (χ2v) is 17.3. The summed E-state index contributed by atoms with van der Waals surface area (Å²) in [6, 6.07) is -1.52. The molecule has 0 aromatic rings. The molecule has 11 nitrogen and oxygen atoms in total. The fraction of sp³-hybridized carbons (Fsp3) is 0.848. The van der Waals surface area contributed by atoms with Gasteiger partial charge in [-0.05, 0) is 44.9 Å². The minimum absolute atomic E-state index is 0.159. The number of carboxylic acid groups (broad SMARTS) is 1. The molecule has 0 fully saturated rings. The van der Waals surface area contributed by atoms with Crippen LogP contribution in [-0.4, -0.2) is 59.9 Å². The maximum atomic E-state index is 12.7. The highest BCUT2D eigenvalue weighted by Crippen LogP contribution is 2.43. The third kappa shape index (κ3) is 40.7. The molecular weight excluding hydrogens is 757 g/mol. The largest absolute Gasteiger partial charge is 0.480 e. The number of nitrogens with two attached hydrogens (primary N) is 1. The van der Waals surface area contributed by atoms with Gasteiger partial charge in [-0.25, -0.2) is 4.57 Å². The zero-order chi connectivity index (χ0) is 42.8. The van der Waals surface area contributed by atoms with Crippen LogP contribution in [0.5, 0.6) is 0 Å². The Labute approximate surface area is 353 Å². The van der Waals surface area contributed by atoms with Crippen LogP contribution in [0.2, 0.25) is 0 Å². The van der Waals surface area contributed by atoms with Crippen molar-refractivity contribution in [1.29, 1.82) is 0 Å². The Hall–Kier alpha value is -2.04. The van der Waals surface area contributed by atoms with E-state index in [4.69, 9.17) is 24.8 Å². The number of hydrogen-bond donors (Lipinski definition) is 3. The van der Waals surface area contributed by atoms with Crippen molar-refractivity contribution in [2.75, 3.05) is 19.8 Å². The molecule has 0 saturated carbocycles. The zero-order valence-corrected chi connectivity index (χ0v) is 37.8. The summed E-state index contributed by atoms with van der Waals surface area (Å²) in [6.45, 7) is 2.80. The van der Waals surface area contributed by atoms with Crippen LogP contribution in [-0.2, 0) is 37.5 Å². The van der Waals surface area contributed by atoms with Crippen LogP contribution in [0.25, 0.3) is 0 Å². The minimum Gasteiger partial charge on any atom is -0.480 e. The molecule has 0 bridgehead atoms. The second kappa shape index (κ2) is 41.7. The standard InChI is InChI=1S/C46H86NO10P/c1-3-5-7-9-11-13-15-17-19-20-21-22-24-26-28-30-32-34-36-38-45(49)57-42(40-55-58(52,53)56-41-43(47)46(50)51)39-54-44(48)37-35-33-31-29-27-25-23-18-16-14-12-10-8-6-4-2/h11,13,17,19,42-43H,3-10,12,14-16,18,20-41,47H2,1-2H3,(H,50,51)(H,52,53)/b13-11-,19-17-/t42-,43+/m1/s1. The molecule has 0 radical (unpaired) electrons. The molecule has 0 amide bonds. The van der Waals surface area contributed by atoms with Gasteiger partial charge in [0.1, 0.15) is 12.6 Å². The van der Waals surface area contributed by atoms with E-state index in [-0.39, 0.29) is 19.4 Å². The normalized spacial score (nSPS) is 13.9. The fourth-order valence-corrected chi connectivity index (χ4v) is 7.29. The number of carboxylic acids is 1. The van der Waals surface area contributed by atoms with Gasteiger partial charge in [-0.3, -0.25) is 23.4 Å².